The zero-order valence-electron chi connectivity index (χ0n) is 15.5. The van der Waals surface area contributed by atoms with Crippen molar-refractivity contribution in [1.29, 1.82) is 0 Å². The number of aryl methyl sites for hydroxylation is 1. The fraction of sp³-hybridized carbons (Fsp3) is 0.318. The molecule has 0 aliphatic carbocycles. The largest absolute Gasteiger partial charge is 0.360 e. The number of aromatic nitrogens is 1. The van der Waals surface area contributed by atoms with E-state index in [1.807, 2.05) is 35.0 Å². The summed E-state index contributed by atoms with van der Waals surface area (Å²) >= 11 is 3.62. The maximum atomic E-state index is 12.8. The van der Waals surface area contributed by atoms with Gasteiger partial charge in [-0.25, -0.2) is 0 Å². The van der Waals surface area contributed by atoms with Crippen LogP contribution in [-0.2, 0) is 4.79 Å². The summed E-state index contributed by atoms with van der Waals surface area (Å²) in [6.07, 6.45) is 3.04. The van der Waals surface area contributed by atoms with Crippen molar-refractivity contribution in [3.8, 4) is 0 Å². The Labute approximate surface area is 168 Å². The van der Waals surface area contributed by atoms with E-state index in [-0.39, 0.29) is 5.91 Å². The second-order valence-electron chi connectivity index (χ2n) is 6.87. The average molecular weight is 397 g/mol. The third kappa shape index (κ3) is 4.19. The Morgan fingerprint density at radius 2 is 2.00 bits per heavy atom. The lowest BCUT2D eigenvalue weighted by atomic mass is 10.0. The zero-order chi connectivity index (χ0) is 18.6. The number of rotatable bonds is 4. The second-order valence-corrected chi connectivity index (χ2v) is 9.20. The van der Waals surface area contributed by atoms with Gasteiger partial charge in [-0.15, -0.1) is 11.8 Å². The normalized spacial score (nSPS) is 17.8. The number of fused-ring (bicyclic) bond motifs is 1. The van der Waals surface area contributed by atoms with Gasteiger partial charge in [0.2, 0.25) is 5.91 Å². The minimum Gasteiger partial charge on any atom is -0.360 e. The first-order valence-corrected chi connectivity index (χ1v) is 11.4. The second kappa shape index (κ2) is 8.44. The molecule has 3 nitrogen and oxygen atoms in total. The molecule has 1 amide bonds. The molecule has 1 aliphatic heterocycles. The fourth-order valence-electron chi connectivity index (χ4n) is 3.61. The molecular formula is C22H24N2OS2. The number of hydrogen-bond acceptors (Lipinski definition) is 3. The number of nitrogens with one attached hydrogen (secondary N) is 1. The highest BCUT2D eigenvalue weighted by molar-refractivity contribution is 8.00. The van der Waals surface area contributed by atoms with Gasteiger partial charge in [0.1, 0.15) is 0 Å². The molecule has 0 saturated carbocycles. The van der Waals surface area contributed by atoms with Crippen molar-refractivity contribution < 1.29 is 4.79 Å². The van der Waals surface area contributed by atoms with Crippen LogP contribution in [0.3, 0.4) is 0 Å². The van der Waals surface area contributed by atoms with E-state index < -0.39 is 0 Å². The van der Waals surface area contributed by atoms with Crippen LogP contribution in [0.5, 0.6) is 0 Å². The van der Waals surface area contributed by atoms with Gasteiger partial charge >= 0.3 is 0 Å². The van der Waals surface area contributed by atoms with Gasteiger partial charge in [-0.3, -0.25) is 4.79 Å². The lowest BCUT2D eigenvalue weighted by molar-refractivity contribution is -0.128. The molecule has 0 spiro atoms. The van der Waals surface area contributed by atoms with Crippen LogP contribution in [0.4, 0.5) is 0 Å². The molecule has 3 aromatic rings. The summed E-state index contributed by atoms with van der Waals surface area (Å²) in [7, 11) is 0. The SMILES string of the molecule is Cc1ccccc1C1CCN(C(=O)CSc2c[nH]c3ccccc23)CCS1. The van der Waals surface area contributed by atoms with Crippen LogP contribution < -0.4 is 0 Å². The molecule has 0 bridgehead atoms. The number of carbonyl (C=O) groups excluding carboxylic acids is 1. The van der Waals surface area contributed by atoms with Gasteiger partial charge < -0.3 is 9.88 Å². The number of nitrogens with zero attached hydrogens (tertiary/aromatic N) is 1. The predicted molar refractivity (Wildman–Crippen MR) is 117 cm³/mol. The maximum absolute atomic E-state index is 12.8. The van der Waals surface area contributed by atoms with E-state index >= 15 is 0 Å². The molecule has 140 valence electrons. The summed E-state index contributed by atoms with van der Waals surface area (Å²) in [5.74, 6) is 1.75. The first-order chi connectivity index (χ1) is 13.2. The summed E-state index contributed by atoms with van der Waals surface area (Å²) < 4.78 is 0. The standard InChI is InChI=1S/C22H24N2OS2/c1-16-6-2-3-7-17(16)20-10-11-24(12-13-26-20)22(25)15-27-21-14-23-19-9-5-4-8-18(19)21/h2-9,14,20,23H,10-13,15H2,1H3. The van der Waals surface area contributed by atoms with Crippen LogP contribution in [0.25, 0.3) is 10.9 Å². The van der Waals surface area contributed by atoms with Crippen molar-refractivity contribution in [1.82, 2.24) is 9.88 Å². The summed E-state index contributed by atoms with van der Waals surface area (Å²) in [6, 6.07) is 16.9. The minimum atomic E-state index is 0.247. The maximum Gasteiger partial charge on any atom is 0.232 e. The van der Waals surface area contributed by atoms with Crippen LogP contribution in [0.2, 0.25) is 0 Å². The van der Waals surface area contributed by atoms with Crippen LogP contribution in [-0.4, -0.2) is 40.4 Å². The number of thioether (sulfide) groups is 2. The van der Waals surface area contributed by atoms with E-state index in [9.17, 15) is 4.79 Å². The number of amides is 1. The number of carbonyl (C=O) groups is 1. The summed E-state index contributed by atoms with van der Waals surface area (Å²) in [5, 5.41) is 1.69. The van der Waals surface area contributed by atoms with E-state index in [2.05, 4.69) is 48.3 Å². The van der Waals surface area contributed by atoms with Crippen LogP contribution in [0.1, 0.15) is 22.8 Å². The predicted octanol–water partition coefficient (Wildman–Crippen LogP) is 5.28. The van der Waals surface area contributed by atoms with Gasteiger partial charge in [0.05, 0.1) is 5.75 Å². The van der Waals surface area contributed by atoms with E-state index in [0.717, 1.165) is 35.7 Å². The van der Waals surface area contributed by atoms with Crippen molar-refractivity contribution in [2.45, 2.75) is 23.5 Å². The van der Waals surface area contributed by atoms with E-state index in [4.69, 9.17) is 0 Å². The zero-order valence-corrected chi connectivity index (χ0v) is 17.1. The molecule has 27 heavy (non-hydrogen) atoms. The molecule has 1 aromatic heterocycles. The molecule has 1 saturated heterocycles. The number of hydrogen-bond donors (Lipinski definition) is 1. The van der Waals surface area contributed by atoms with Gasteiger partial charge in [0.15, 0.2) is 0 Å². The average Bonchev–Trinajstić information content (AvgIpc) is 2.94. The molecule has 2 aromatic carbocycles. The van der Waals surface area contributed by atoms with Gasteiger partial charge in [-0.05, 0) is 30.5 Å². The summed E-state index contributed by atoms with van der Waals surface area (Å²) in [4.78, 5) is 19.3. The first kappa shape index (κ1) is 18.5. The minimum absolute atomic E-state index is 0.247. The molecule has 2 heterocycles. The van der Waals surface area contributed by atoms with Gasteiger partial charge in [0.25, 0.3) is 0 Å². The number of aromatic amines is 1. The lowest BCUT2D eigenvalue weighted by Gasteiger charge is -2.20. The molecule has 1 aliphatic rings. The Balaban J connectivity index is 1.36. The van der Waals surface area contributed by atoms with Crippen molar-refractivity contribution in [2.75, 3.05) is 24.6 Å². The Bertz CT molecular complexity index is 937. The Hall–Kier alpha value is -1.85. The third-order valence-electron chi connectivity index (χ3n) is 5.13. The summed E-state index contributed by atoms with van der Waals surface area (Å²) in [5.41, 5.74) is 3.90. The van der Waals surface area contributed by atoms with Crippen molar-refractivity contribution in [3.05, 3.63) is 65.9 Å². The van der Waals surface area contributed by atoms with Crippen LogP contribution in [0.15, 0.2) is 59.6 Å². The quantitative estimate of drug-likeness (QED) is 0.610. The smallest absolute Gasteiger partial charge is 0.232 e. The Morgan fingerprint density at radius 3 is 2.89 bits per heavy atom. The molecule has 0 radical (unpaired) electrons. The first-order valence-electron chi connectivity index (χ1n) is 9.36. The van der Waals surface area contributed by atoms with Crippen LogP contribution in [0, 0.1) is 6.92 Å². The molecule has 5 heteroatoms. The van der Waals surface area contributed by atoms with E-state index in [1.54, 1.807) is 11.8 Å². The molecular weight excluding hydrogens is 372 g/mol. The molecule has 1 unspecified atom stereocenters. The Kier molecular flexibility index (Phi) is 5.79. The van der Waals surface area contributed by atoms with E-state index in [1.165, 1.54) is 16.5 Å². The molecule has 4 rings (SSSR count). The summed E-state index contributed by atoms with van der Waals surface area (Å²) in [6.45, 7) is 3.88. The van der Waals surface area contributed by atoms with Crippen molar-refractivity contribution >= 4 is 40.3 Å². The number of H-pyrrole nitrogens is 1. The van der Waals surface area contributed by atoms with Gasteiger partial charge in [-0.2, -0.15) is 11.8 Å². The number of benzene rings is 2. The lowest BCUT2D eigenvalue weighted by Crippen LogP contribution is -2.34. The van der Waals surface area contributed by atoms with E-state index in [0.29, 0.717) is 11.0 Å². The highest BCUT2D eigenvalue weighted by Gasteiger charge is 2.23. The van der Waals surface area contributed by atoms with Gasteiger partial charge in [-0.1, -0.05) is 42.5 Å². The molecule has 1 fully saturated rings. The molecule has 1 atom stereocenters. The topological polar surface area (TPSA) is 36.1 Å². The number of para-hydroxylation sites is 1. The van der Waals surface area contributed by atoms with Crippen LogP contribution >= 0.6 is 23.5 Å². The fourth-order valence-corrected chi connectivity index (χ4v) is 5.87. The molecule has 1 N–H and O–H groups in total. The Morgan fingerprint density at radius 1 is 1.19 bits per heavy atom. The third-order valence-corrected chi connectivity index (χ3v) is 7.48. The van der Waals surface area contributed by atoms with Crippen molar-refractivity contribution in [2.24, 2.45) is 0 Å². The monoisotopic (exact) mass is 396 g/mol. The van der Waals surface area contributed by atoms with Crippen molar-refractivity contribution in [3.63, 3.8) is 0 Å². The highest BCUT2D eigenvalue weighted by atomic mass is 32.2. The van der Waals surface area contributed by atoms with Gasteiger partial charge in [0, 0.05) is 46.1 Å². The highest BCUT2D eigenvalue weighted by Crippen LogP contribution is 2.36.